The molecule has 1 unspecified atom stereocenters. The van der Waals surface area contributed by atoms with Crippen LogP contribution in [0.4, 0.5) is 4.39 Å². The van der Waals surface area contributed by atoms with Crippen molar-refractivity contribution in [2.24, 2.45) is 5.92 Å². The monoisotopic (exact) mass is 355 g/mol. The van der Waals surface area contributed by atoms with Gasteiger partial charge in [0.1, 0.15) is 5.82 Å². The lowest BCUT2D eigenvalue weighted by atomic mass is 10.1. The van der Waals surface area contributed by atoms with Crippen molar-refractivity contribution in [3.63, 3.8) is 0 Å². The highest BCUT2D eigenvalue weighted by Crippen LogP contribution is 2.24. The molecule has 1 atom stereocenters. The Morgan fingerprint density at radius 3 is 2.69 bits per heavy atom. The van der Waals surface area contributed by atoms with Gasteiger partial charge in [0.2, 0.25) is 5.91 Å². The van der Waals surface area contributed by atoms with Gasteiger partial charge in [0, 0.05) is 43.1 Å². The smallest absolute Gasteiger partial charge is 0.228 e. The summed E-state index contributed by atoms with van der Waals surface area (Å²) in [4.78, 5) is 24.0. The zero-order valence-electron chi connectivity index (χ0n) is 14.9. The first kappa shape index (κ1) is 17.1. The van der Waals surface area contributed by atoms with Crippen molar-refractivity contribution in [2.75, 3.05) is 26.3 Å². The van der Waals surface area contributed by atoms with Crippen molar-refractivity contribution in [2.45, 2.75) is 26.2 Å². The molecule has 0 saturated carbocycles. The fraction of sp³-hybridized carbons (Fsp3) is 0.450. The number of aromatic nitrogens is 2. The normalized spacial score (nSPS) is 19.9. The molecule has 136 valence electrons. The number of ether oxygens (including phenoxy) is 1. The molecule has 1 fully saturated rings. The number of rotatable bonds is 2. The maximum atomic E-state index is 13.2. The lowest BCUT2D eigenvalue weighted by molar-refractivity contribution is -0.135. The number of amides is 1. The maximum absolute atomic E-state index is 13.2. The minimum absolute atomic E-state index is 0.00169. The second-order valence-corrected chi connectivity index (χ2v) is 6.95. The van der Waals surface area contributed by atoms with Crippen molar-refractivity contribution in [3.05, 3.63) is 47.0 Å². The van der Waals surface area contributed by atoms with Gasteiger partial charge in [-0.1, -0.05) is 0 Å². The Labute approximate surface area is 152 Å². The van der Waals surface area contributed by atoms with E-state index in [9.17, 15) is 9.18 Å². The van der Waals surface area contributed by atoms with E-state index in [1.807, 2.05) is 11.8 Å². The number of carbonyl (C=O) groups is 1. The first-order chi connectivity index (χ1) is 12.6. The Hall–Kier alpha value is -2.34. The number of fused-ring (bicyclic) bond motifs is 1. The van der Waals surface area contributed by atoms with Crippen LogP contribution in [-0.2, 0) is 22.4 Å². The van der Waals surface area contributed by atoms with Crippen LogP contribution in [0.5, 0.6) is 0 Å². The van der Waals surface area contributed by atoms with Gasteiger partial charge in [-0.3, -0.25) is 4.79 Å². The van der Waals surface area contributed by atoms with E-state index >= 15 is 0 Å². The fourth-order valence-electron chi connectivity index (χ4n) is 3.72. The number of carbonyl (C=O) groups excluding carboxylic acids is 1. The molecule has 3 heterocycles. The molecule has 2 aliphatic heterocycles. The standard InChI is InChI=1S/C20H22FN3O2/c1-13-17-6-9-24(20(25)15-8-11-26-12-15)10-7-18(17)23-19(22-13)14-2-4-16(21)5-3-14/h2-5,15H,6-12H2,1H3. The van der Waals surface area contributed by atoms with Gasteiger partial charge in [0.25, 0.3) is 0 Å². The number of benzene rings is 1. The Bertz CT molecular complexity index is 817. The maximum Gasteiger partial charge on any atom is 0.228 e. The molecule has 0 bridgehead atoms. The van der Waals surface area contributed by atoms with Crippen LogP contribution in [-0.4, -0.2) is 47.1 Å². The number of halogens is 1. The van der Waals surface area contributed by atoms with Gasteiger partial charge in [-0.05, 0) is 49.6 Å². The summed E-state index contributed by atoms with van der Waals surface area (Å²) in [5.74, 6) is 0.536. The highest BCUT2D eigenvalue weighted by Gasteiger charge is 2.29. The Morgan fingerprint density at radius 1 is 1.19 bits per heavy atom. The summed E-state index contributed by atoms with van der Waals surface area (Å²) in [5.41, 5.74) is 3.87. The third-order valence-electron chi connectivity index (χ3n) is 5.24. The lowest BCUT2D eigenvalue weighted by Gasteiger charge is -2.23. The van der Waals surface area contributed by atoms with E-state index in [-0.39, 0.29) is 17.6 Å². The second kappa shape index (κ2) is 7.11. The SMILES string of the molecule is Cc1nc(-c2ccc(F)cc2)nc2c1CCN(C(=O)C1CCOC1)CC2. The van der Waals surface area contributed by atoms with Crippen molar-refractivity contribution in [1.29, 1.82) is 0 Å². The van der Waals surface area contributed by atoms with Gasteiger partial charge in [-0.15, -0.1) is 0 Å². The minimum atomic E-state index is -0.273. The van der Waals surface area contributed by atoms with Gasteiger partial charge >= 0.3 is 0 Å². The van der Waals surface area contributed by atoms with Gasteiger partial charge < -0.3 is 9.64 Å². The second-order valence-electron chi connectivity index (χ2n) is 6.95. The summed E-state index contributed by atoms with van der Waals surface area (Å²) in [6.45, 7) is 4.56. The van der Waals surface area contributed by atoms with Crippen LogP contribution in [0.15, 0.2) is 24.3 Å². The van der Waals surface area contributed by atoms with E-state index in [1.54, 1.807) is 12.1 Å². The zero-order chi connectivity index (χ0) is 18.1. The summed E-state index contributed by atoms with van der Waals surface area (Å²) < 4.78 is 18.5. The predicted octanol–water partition coefficient (Wildman–Crippen LogP) is 2.55. The van der Waals surface area contributed by atoms with Crippen LogP contribution >= 0.6 is 0 Å². The topological polar surface area (TPSA) is 55.3 Å². The summed E-state index contributed by atoms with van der Waals surface area (Å²) in [6, 6.07) is 6.24. The van der Waals surface area contributed by atoms with Crippen LogP contribution in [0.25, 0.3) is 11.4 Å². The van der Waals surface area contributed by atoms with Crippen molar-refractivity contribution < 1.29 is 13.9 Å². The van der Waals surface area contributed by atoms with E-state index in [1.165, 1.54) is 12.1 Å². The number of hydrogen-bond donors (Lipinski definition) is 0. The van der Waals surface area contributed by atoms with Crippen LogP contribution < -0.4 is 0 Å². The molecule has 0 aliphatic carbocycles. The predicted molar refractivity (Wildman–Crippen MR) is 95.1 cm³/mol. The van der Waals surface area contributed by atoms with Crippen LogP contribution in [0.2, 0.25) is 0 Å². The van der Waals surface area contributed by atoms with Gasteiger partial charge in [0.05, 0.1) is 12.5 Å². The Balaban J connectivity index is 1.57. The summed E-state index contributed by atoms with van der Waals surface area (Å²) in [7, 11) is 0. The molecular formula is C20H22FN3O2. The molecule has 1 saturated heterocycles. The molecule has 0 spiro atoms. The number of aryl methyl sites for hydroxylation is 1. The molecule has 4 rings (SSSR count). The minimum Gasteiger partial charge on any atom is -0.381 e. The van der Waals surface area contributed by atoms with E-state index in [0.717, 1.165) is 35.4 Å². The lowest BCUT2D eigenvalue weighted by Crippen LogP contribution is -2.38. The third kappa shape index (κ3) is 3.33. The largest absolute Gasteiger partial charge is 0.381 e. The molecule has 2 aromatic rings. The van der Waals surface area contributed by atoms with Gasteiger partial charge in [-0.25, -0.2) is 14.4 Å². The van der Waals surface area contributed by atoms with E-state index in [0.29, 0.717) is 38.5 Å². The molecule has 0 radical (unpaired) electrons. The van der Waals surface area contributed by atoms with Crippen LogP contribution in [0.1, 0.15) is 23.4 Å². The number of nitrogens with zero attached hydrogens (tertiary/aromatic N) is 3. The average Bonchev–Trinajstić information content (AvgIpc) is 3.09. The summed E-state index contributed by atoms with van der Waals surface area (Å²) in [5, 5.41) is 0. The molecule has 1 aromatic heterocycles. The quantitative estimate of drug-likeness (QED) is 0.831. The van der Waals surface area contributed by atoms with E-state index < -0.39 is 0 Å². The van der Waals surface area contributed by atoms with Gasteiger partial charge in [0.15, 0.2) is 5.82 Å². The van der Waals surface area contributed by atoms with E-state index in [4.69, 9.17) is 9.72 Å². The Kier molecular flexibility index (Phi) is 4.68. The molecule has 26 heavy (non-hydrogen) atoms. The Morgan fingerprint density at radius 2 is 1.96 bits per heavy atom. The van der Waals surface area contributed by atoms with Gasteiger partial charge in [-0.2, -0.15) is 0 Å². The molecule has 1 aromatic carbocycles. The summed E-state index contributed by atoms with van der Waals surface area (Å²) in [6.07, 6.45) is 2.30. The molecular weight excluding hydrogens is 333 g/mol. The third-order valence-corrected chi connectivity index (χ3v) is 5.24. The zero-order valence-corrected chi connectivity index (χ0v) is 14.9. The summed E-state index contributed by atoms with van der Waals surface area (Å²) >= 11 is 0. The van der Waals surface area contributed by atoms with Crippen molar-refractivity contribution in [3.8, 4) is 11.4 Å². The molecule has 5 nitrogen and oxygen atoms in total. The molecule has 6 heteroatoms. The number of hydrogen-bond acceptors (Lipinski definition) is 4. The van der Waals surface area contributed by atoms with E-state index in [2.05, 4.69) is 4.98 Å². The first-order valence-electron chi connectivity index (χ1n) is 9.10. The highest BCUT2D eigenvalue weighted by molar-refractivity contribution is 5.79. The average molecular weight is 355 g/mol. The van der Waals surface area contributed by atoms with Crippen LogP contribution in [0, 0.1) is 18.7 Å². The molecule has 0 N–H and O–H groups in total. The fourth-order valence-corrected chi connectivity index (χ4v) is 3.72. The molecule has 1 amide bonds. The highest BCUT2D eigenvalue weighted by atomic mass is 19.1. The molecule has 2 aliphatic rings. The van der Waals surface area contributed by atoms with Crippen molar-refractivity contribution >= 4 is 5.91 Å². The van der Waals surface area contributed by atoms with Crippen molar-refractivity contribution in [1.82, 2.24) is 14.9 Å². The first-order valence-corrected chi connectivity index (χ1v) is 9.10. The van der Waals surface area contributed by atoms with Crippen LogP contribution in [0.3, 0.4) is 0 Å².